The fraction of sp³-hybridized carbons (Fsp3) is 0.346. The second-order valence-corrected chi connectivity index (χ2v) is 8.86. The van der Waals surface area contributed by atoms with E-state index in [0.29, 0.717) is 11.2 Å². The molecule has 0 spiro atoms. The molecular weight excluding hydrogens is 469 g/mol. The van der Waals surface area contributed by atoms with Crippen molar-refractivity contribution >= 4 is 41.1 Å². The van der Waals surface area contributed by atoms with E-state index in [1.807, 2.05) is 39.8 Å². The predicted octanol–water partition coefficient (Wildman–Crippen LogP) is 3.80. The fourth-order valence-corrected chi connectivity index (χ4v) is 4.49. The van der Waals surface area contributed by atoms with Crippen molar-refractivity contribution in [2.24, 2.45) is 5.10 Å². The summed E-state index contributed by atoms with van der Waals surface area (Å²) in [7, 11) is 0. The van der Waals surface area contributed by atoms with Gasteiger partial charge in [0.05, 0.1) is 17.4 Å². The number of hydrogen-bond donors (Lipinski definition) is 1. The highest BCUT2D eigenvalue weighted by molar-refractivity contribution is 5.98. The zero-order chi connectivity index (χ0) is 23.7. The van der Waals surface area contributed by atoms with Gasteiger partial charge in [-0.05, 0) is 37.1 Å². The minimum atomic E-state index is -0.603. The van der Waals surface area contributed by atoms with Crippen LogP contribution in [0.4, 0.5) is 10.1 Å². The summed E-state index contributed by atoms with van der Waals surface area (Å²) in [5.74, 6) is -1.04. The zero-order valence-electron chi connectivity index (χ0n) is 19.6. The van der Waals surface area contributed by atoms with Crippen LogP contribution in [0.1, 0.15) is 41.7 Å². The van der Waals surface area contributed by atoms with Gasteiger partial charge in [-0.1, -0.05) is 37.3 Å². The van der Waals surface area contributed by atoms with Crippen LogP contribution in [0.15, 0.2) is 58.6 Å². The van der Waals surface area contributed by atoms with Gasteiger partial charge >= 0.3 is 0 Å². The number of piperazine rings is 1. The summed E-state index contributed by atoms with van der Waals surface area (Å²) < 4.78 is 17.2. The third kappa shape index (κ3) is 5.23. The van der Waals surface area contributed by atoms with E-state index in [1.165, 1.54) is 12.3 Å². The Kier molecular flexibility index (Phi) is 7.52. The van der Waals surface area contributed by atoms with Gasteiger partial charge in [0.2, 0.25) is 5.43 Å². The molecule has 1 saturated carbocycles. The molecular formula is C26H29ClFN5O2. The Labute approximate surface area is 209 Å². The Balaban J connectivity index is 0.00000289. The largest absolute Gasteiger partial charge is 0.367 e. The van der Waals surface area contributed by atoms with Crippen molar-refractivity contribution in [3.8, 4) is 0 Å². The predicted molar refractivity (Wildman–Crippen MR) is 140 cm³/mol. The maximum atomic E-state index is 15.2. The lowest BCUT2D eigenvalue weighted by atomic mass is 10.1. The van der Waals surface area contributed by atoms with Crippen molar-refractivity contribution in [2.75, 3.05) is 37.6 Å². The lowest BCUT2D eigenvalue weighted by Gasteiger charge is -2.35. The van der Waals surface area contributed by atoms with E-state index < -0.39 is 17.2 Å². The minimum absolute atomic E-state index is 0. The van der Waals surface area contributed by atoms with Gasteiger partial charge in [0.25, 0.3) is 5.91 Å². The number of nitrogens with zero attached hydrogens (tertiary/aromatic N) is 4. The van der Waals surface area contributed by atoms with Crippen molar-refractivity contribution in [3.63, 3.8) is 0 Å². The minimum Gasteiger partial charge on any atom is -0.367 e. The first kappa shape index (κ1) is 24.9. The van der Waals surface area contributed by atoms with Crippen LogP contribution >= 0.6 is 12.4 Å². The number of pyridine rings is 1. The monoisotopic (exact) mass is 497 g/mol. The average Bonchev–Trinajstić information content (AvgIpc) is 3.70. The molecule has 35 heavy (non-hydrogen) atoms. The second kappa shape index (κ2) is 10.6. The summed E-state index contributed by atoms with van der Waals surface area (Å²) in [6.45, 7) is 6.35. The van der Waals surface area contributed by atoms with E-state index in [-0.39, 0.29) is 29.4 Å². The highest BCUT2D eigenvalue weighted by Gasteiger charge is 2.28. The highest BCUT2D eigenvalue weighted by Crippen LogP contribution is 2.38. The van der Waals surface area contributed by atoms with Crippen LogP contribution < -0.4 is 15.8 Å². The number of anilines is 1. The first-order chi connectivity index (χ1) is 16.5. The summed E-state index contributed by atoms with van der Waals surface area (Å²) in [4.78, 5) is 30.4. The smallest absolute Gasteiger partial charge is 0.276 e. The van der Waals surface area contributed by atoms with Crippen LogP contribution in [-0.2, 0) is 0 Å². The third-order valence-electron chi connectivity index (χ3n) is 6.63. The van der Waals surface area contributed by atoms with Gasteiger partial charge in [0.1, 0.15) is 11.4 Å². The molecule has 9 heteroatoms. The Morgan fingerprint density at radius 3 is 2.51 bits per heavy atom. The van der Waals surface area contributed by atoms with Gasteiger partial charge in [-0.25, -0.2) is 9.82 Å². The Bertz CT molecular complexity index is 1300. The quantitative estimate of drug-likeness (QED) is 0.415. The normalized spacial score (nSPS) is 16.5. The molecule has 184 valence electrons. The Hall–Kier alpha value is -3.23. The number of amides is 1. The van der Waals surface area contributed by atoms with Gasteiger partial charge in [-0.2, -0.15) is 5.10 Å². The van der Waals surface area contributed by atoms with Crippen LogP contribution in [0.3, 0.4) is 0 Å². The number of rotatable bonds is 6. The van der Waals surface area contributed by atoms with Crippen LogP contribution in [0, 0.1) is 5.82 Å². The highest BCUT2D eigenvalue weighted by atomic mass is 35.5. The van der Waals surface area contributed by atoms with Crippen molar-refractivity contribution in [1.82, 2.24) is 14.9 Å². The first-order valence-corrected chi connectivity index (χ1v) is 11.8. The number of hydrazone groups is 1. The molecule has 1 amide bonds. The Morgan fingerprint density at radius 2 is 1.86 bits per heavy atom. The van der Waals surface area contributed by atoms with E-state index in [9.17, 15) is 9.59 Å². The summed E-state index contributed by atoms with van der Waals surface area (Å²) in [6.07, 6.45) is 5.05. The molecule has 0 unspecified atom stereocenters. The summed E-state index contributed by atoms with van der Waals surface area (Å²) >= 11 is 0. The van der Waals surface area contributed by atoms with Gasteiger partial charge in [0, 0.05) is 43.8 Å². The molecule has 0 bridgehead atoms. The summed E-state index contributed by atoms with van der Waals surface area (Å²) in [5.41, 5.74) is 3.93. The molecule has 3 aromatic rings. The standard InChI is InChI=1S/C26H28FN5O2.ClH/c1-2-30-10-12-31(13-11-30)24-15-23-20(14-22(24)27)25(33)21(17-32(23)19-8-9-19)26(34)29-28-16-18-6-4-3-5-7-18;/h3-7,14-17,19H,2,8-13H2,1H3,(H,29,34);1H/b28-16-;. The van der Waals surface area contributed by atoms with Gasteiger partial charge in [-0.3, -0.25) is 9.59 Å². The molecule has 5 rings (SSSR count). The molecule has 2 aliphatic rings. The molecule has 0 radical (unpaired) electrons. The first-order valence-electron chi connectivity index (χ1n) is 11.8. The van der Waals surface area contributed by atoms with E-state index in [2.05, 4.69) is 22.4 Å². The number of benzene rings is 2. The Morgan fingerprint density at radius 1 is 1.14 bits per heavy atom. The number of nitrogens with one attached hydrogen (secondary N) is 1. The number of halogens is 2. The van der Waals surface area contributed by atoms with Crippen LogP contribution in [0.25, 0.3) is 10.9 Å². The summed E-state index contributed by atoms with van der Waals surface area (Å²) in [5, 5.41) is 4.20. The molecule has 2 fully saturated rings. The topological polar surface area (TPSA) is 69.9 Å². The lowest BCUT2D eigenvalue weighted by molar-refractivity contribution is 0.0953. The van der Waals surface area contributed by atoms with Crippen LogP contribution in [0.5, 0.6) is 0 Å². The number of fused-ring (bicyclic) bond motifs is 1. The fourth-order valence-electron chi connectivity index (χ4n) is 4.49. The second-order valence-electron chi connectivity index (χ2n) is 8.86. The van der Waals surface area contributed by atoms with Crippen LogP contribution in [0.2, 0.25) is 0 Å². The van der Waals surface area contributed by atoms with Gasteiger partial charge in [-0.15, -0.1) is 12.4 Å². The molecule has 1 aliphatic carbocycles. The number of carbonyl (C=O) groups excluding carboxylic acids is 1. The molecule has 1 aliphatic heterocycles. The van der Waals surface area contributed by atoms with Crippen molar-refractivity contribution in [3.05, 3.63) is 75.8 Å². The van der Waals surface area contributed by atoms with E-state index in [0.717, 1.165) is 51.1 Å². The average molecular weight is 498 g/mol. The number of likely N-dealkylation sites (N-methyl/N-ethyl adjacent to an activating group) is 1. The molecule has 1 saturated heterocycles. The molecule has 0 atom stereocenters. The molecule has 1 aromatic heterocycles. The summed E-state index contributed by atoms with van der Waals surface area (Å²) in [6, 6.07) is 12.6. The third-order valence-corrected chi connectivity index (χ3v) is 6.63. The molecule has 1 N–H and O–H groups in total. The molecule has 2 aromatic carbocycles. The van der Waals surface area contributed by atoms with Crippen LogP contribution in [-0.4, -0.2) is 54.3 Å². The SMILES string of the molecule is CCN1CCN(c2cc3c(cc2F)c(=O)c(C(=O)N/N=C\c2ccccc2)cn3C2CC2)CC1.Cl. The van der Waals surface area contributed by atoms with E-state index >= 15 is 4.39 Å². The lowest BCUT2D eigenvalue weighted by Crippen LogP contribution is -2.46. The van der Waals surface area contributed by atoms with Crippen molar-refractivity contribution in [1.29, 1.82) is 0 Å². The van der Waals surface area contributed by atoms with Crippen molar-refractivity contribution in [2.45, 2.75) is 25.8 Å². The van der Waals surface area contributed by atoms with Gasteiger partial charge in [0.15, 0.2) is 0 Å². The maximum absolute atomic E-state index is 15.2. The van der Waals surface area contributed by atoms with E-state index in [4.69, 9.17) is 0 Å². The zero-order valence-corrected chi connectivity index (χ0v) is 20.4. The molecule has 2 heterocycles. The maximum Gasteiger partial charge on any atom is 0.276 e. The molecule has 7 nitrogen and oxygen atoms in total. The van der Waals surface area contributed by atoms with Gasteiger partial charge < -0.3 is 14.4 Å². The van der Waals surface area contributed by atoms with Crippen molar-refractivity contribution < 1.29 is 9.18 Å². The number of aromatic nitrogens is 1. The number of carbonyl (C=O) groups is 1. The number of hydrogen-bond acceptors (Lipinski definition) is 5. The van der Waals surface area contributed by atoms with E-state index in [1.54, 1.807) is 12.3 Å².